The molecule has 0 atom stereocenters. The van der Waals surface area contributed by atoms with Gasteiger partial charge < -0.3 is 0 Å². The molecular weight excluding hydrogens is 356 g/mol. The normalized spacial score (nSPS) is 11.4. The van der Waals surface area contributed by atoms with Crippen molar-refractivity contribution >= 4 is 53.1 Å². The fourth-order valence-corrected chi connectivity index (χ4v) is 3.75. The first-order valence-corrected chi connectivity index (χ1v) is 8.40. The third-order valence-electron chi connectivity index (χ3n) is 1.57. The van der Waals surface area contributed by atoms with Gasteiger partial charge >= 0.3 is 0 Å². The first kappa shape index (κ1) is 14.7. The van der Waals surface area contributed by atoms with Gasteiger partial charge in [0, 0.05) is 22.5 Å². The Morgan fingerprint density at radius 1 is 1.59 bits per heavy atom. The number of rotatable bonds is 5. The molecule has 1 aromatic rings. The Morgan fingerprint density at radius 3 is 2.71 bits per heavy atom. The Morgan fingerprint density at radius 2 is 2.24 bits per heavy atom. The average Bonchev–Trinajstić information content (AvgIpc) is 2.18. The number of halogens is 2. The molecule has 0 bridgehead atoms. The monoisotopic (exact) mass is 360 g/mol. The van der Waals surface area contributed by atoms with Gasteiger partial charge in [0.25, 0.3) is 5.69 Å². The van der Waals surface area contributed by atoms with E-state index >= 15 is 0 Å². The summed E-state index contributed by atoms with van der Waals surface area (Å²) in [6.45, 7) is 0. The van der Waals surface area contributed by atoms with Crippen LogP contribution in [0.3, 0.4) is 0 Å². The van der Waals surface area contributed by atoms with E-state index in [1.54, 1.807) is 0 Å². The van der Waals surface area contributed by atoms with Crippen LogP contribution in [0.2, 0.25) is 0 Å². The van der Waals surface area contributed by atoms with Crippen LogP contribution in [0.5, 0.6) is 0 Å². The van der Waals surface area contributed by atoms with Crippen molar-refractivity contribution in [1.82, 2.24) is 4.98 Å². The number of hydrogen-bond acceptors (Lipinski definition) is 6. The summed E-state index contributed by atoms with van der Waals surface area (Å²) in [5.74, 6) is 0.0412. The number of thioether (sulfide) groups is 1. The largest absolute Gasteiger partial charge is 0.288 e. The molecule has 0 aliphatic rings. The first-order valence-electron chi connectivity index (χ1n) is 4.14. The fourth-order valence-electron chi connectivity index (χ4n) is 0.859. The molecule has 0 radical (unpaired) electrons. The minimum atomic E-state index is -3.53. The van der Waals surface area contributed by atoms with Crippen LogP contribution >= 0.6 is 38.4 Å². The zero-order valence-corrected chi connectivity index (χ0v) is 12.1. The summed E-state index contributed by atoms with van der Waals surface area (Å²) in [7, 11) is 1.51. The Kier molecular flexibility index (Phi) is 5.17. The number of hydrogen-bond donors (Lipinski definition) is 0. The average molecular weight is 362 g/mol. The van der Waals surface area contributed by atoms with Gasteiger partial charge in [-0.1, -0.05) is 0 Å². The second-order valence-corrected chi connectivity index (χ2v) is 7.66. The van der Waals surface area contributed by atoms with Gasteiger partial charge in [0.2, 0.25) is 9.05 Å². The summed E-state index contributed by atoms with van der Waals surface area (Å²) >= 11 is 4.28. The van der Waals surface area contributed by atoms with E-state index in [4.69, 9.17) is 10.7 Å². The number of pyridine rings is 1. The van der Waals surface area contributed by atoms with Gasteiger partial charge in [-0.2, -0.15) is 0 Å². The molecule has 1 rings (SSSR count). The van der Waals surface area contributed by atoms with E-state index in [0.717, 1.165) is 18.0 Å². The van der Waals surface area contributed by atoms with Crippen LogP contribution < -0.4 is 0 Å². The van der Waals surface area contributed by atoms with E-state index < -0.39 is 14.0 Å². The van der Waals surface area contributed by atoms with E-state index in [0.29, 0.717) is 9.50 Å². The van der Waals surface area contributed by atoms with Crippen LogP contribution in [0.15, 0.2) is 21.8 Å². The van der Waals surface area contributed by atoms with Crippen LogP contribution in [0.1, 0.15) is 0 Å². The van der Waals surface area contributed by atoms with Crippen molar-refractivity contribution in [1.29, 1.82) is 0 Å². The summed E-state index contributed by atoms with van der Waals surface area (Å²) in [4.78, 5) is 13.7. The third-order valence-corrected chi connectivity index (χ3v) is 4.86. The minimum absolute atomic E-state index is 0.133. The van der Waals surface area contributed by atoms with Crippen molar-refractivity contribution in [3.05, 3.63) is 26.9 Å². The zero-order valence-electron chi connectivity index (χ0n) is 8.17. The van der Waals surface area contributed by atoms with Crippen LogP contribution in [0.25, 0.3) is 0 Å². The molecule has 0 N–H and O–H groups in total. The van der Waals surface area contributed by atoms with Crippen molar-refractivity contribution in [2.75, 3.05) is 11.5 Å². The lowest BCUT2D eigenvalue weighted by molar-refractivity contribution is -0.385. The van der Waals surface area contributed by atoms with Gasteiger partial charge in [0.05, 0.1) is 15.1 Å². The molecule has 6 nitrogen and oxygen atoms in total. The summed E-state index contributed by atoms with van der Waals surface area (Å²) in [5.41, 5.74) is -0.133. The lowest BCUT2D eigenvalue weighted by Gasteiger charge is -2.01. The maximum absolute atomic E-state index is 10.7. The first-order chi connectivity index (χ1) is 7.79. The molecule has 94 valence electrons. The van der Waals surface area contributed by atoms with E-state index in [1.165, 1.54) is 6.07 Å². The topological polar surface area (TPSA) is 90.2 Å². The molecule has 0 saturated heterocycles. The number of nitro groups is 1. The molecule has 0 aromatic carbocycles. The van der Waals surface area contributed by atoms with Crippen molar-refractivity contribution in [3.8, 4) is 0 Å². The SMILES string of the molecule is O=[N+]([O-])c1cnc(SCCS(=O)(=O)Cl)c(Br)c1. The van der Waals surface area contributed by atoms with E-state index in [9.17, 15) is 18.5 Å². The second kappa shape index (κ2) is 5.98. The number of nitrogens with zero attached hydrogens (tertiary/aromatic N) is 2. The highest BCUT2D eigenvalue weighted by atomic mass is 79.9. The molecule has 0 aliphatic heterocycles. The lowest BCUT2D eigenvalue weighted by atomic mass is 10.4. The minimum Gasteiger partial charge on any atom is -0.258 e. The van der Waals surface area contributed by atoms with Gasteiger partial charge in [-0.25, -0.2) is 13.4 Å². The van der Waals surface area contributed by atoms with Gasteiger partial charge in [-0.3, -0.25) is 10.1 Å². The number of aromatic nitrogens is 1. The van der Waals surface area contributed by atoms with Crippen LogP contribution in [-0.4, -0.2) is 29.8 Å². The summed E-state index contributed by atoms with van der Waals surface area (Å²) in [6.07, 6.45) is 1.11. The fraction of sp³-hybridized carbons (Fsp3) is 0.286. The van der Waals surface area contributed by atoms with Crippen molar-refractivity contribution in [2.24, 2.45) is 0 Å². The van der Waals surface area contributed by atoms with Crippen LogP contribution in [0, 0.1) is 10.1 Å². The molecule has 10 heteroatoms. The quantitative estimate of drug-likeness (QED) is 0.346. The zero-order chi connectivity index (χ0) is 13.1. The van der Waals surface area contributed by atoms with Crippen molar-refractivity contribution in [3.63, 3.8) is 0 Å². The van der Waals surface area contributed by atoms with Gasteiger partial charge in [0.1, 0.15) is 11.2 Å². The summed E-state index contributed by atoms with van der Waals surface area (Å²) < 4.78 is 21.8. The van der Waals surface area contributed by atoms with Crippen molar-refractivity contribution < 1.29 is 13.3 Å². The van der Waals surface area contributed by atoms with Gasteiger partial charge in [0.15, 0.2) is 0 Å². The van der Waals surface area contributed by atoms with E-state index in [-0.39, 0.29) is 17.2 Å². The molecule has 0 amide bonds. The highest BCUT2D eigenvalue weighted by molar-refractivity contribution is 9.10. The summed E-state index contributed by atoms with van der Waals surface area (Å²) in [5, 5.41) is 10.9. The highest BCUT2D eigenvalue weighted by Gasteiger charge is 2.12. The van der Waals surface area contributed by atoms with Gasteiger partial charge in [-0.15, -0.1) is 11.8 Å². The molecule has 17 heavy (non-hydrogen) atoms. The molecule has 0 aliphatic carbocycles. The highest BCUT2D eigenvalue weighted by Crippen LogP contribution is 2.28. The van der Waals surface area contributed by atoms with E-state index in [2.05, 4.69) is 20.9 Å². The second-order valence-electron chi connectivity index (χ2n) is 2.83. The van der Waals surface area contributed by atoms with Crippen molar-refractivity contribution in [2.45, 2.75) is 5.03 Å². The Balaban J connectivity index is 2.70. The summed E-state index contributed by atoms with van der Waals surface area (Å²) in [6, 6.07) is 1.31. The van der Waals surface area contributed by atoms with Gasteiger partial charge in [-0.05, 0) is 15.9 Å². The van der Waals surface area contributed by atoms with Crippen LogP contribution in [-0.2, 0) is 9.05 Å². The predicted molar refractivity (Wildman–Crippen MR) is 69.0 cm³/mol. The molecule has 0 fully saturated rings. The maximum Gasteiger partial charge on any atom is 0.288 e. The Labute approximate surface area is 114 Å². The smallest absolute Gasteiger partial charge is 0.258 e. The van der Waals surface area contributed by atoms with Crippen LogP contribution in [0.4, 0.5) is 5.69 Å². The molecule has 0 unspecified atom stereocenters. The molecule has 1 aromatic heterocycles. The maximum atomic E-state index is 10.7. The molecule has 0 saturated carbocycles. The molecular formula is C7H6BrClN2O4S2. The van der Waals surface area contributed by atoms with E-state index in [1.807, 2.05) is 0 Å². The molecule has 1 heterocycles. The standard InChI is InChI=1S/C7H6BrClN2O4S2/c8-6-3-5(11(12)13)4-10-7(6)16-1-2-17(9,14)15/h3-4H,1-2H2. The Hall–Kier alpha value is -0.380. The molecule has 0 spiro atoms. The lowest BCUT2D eigenvalue weighted by Crippen LogP contribution is -2.00. The Bertz CT molecular complexity index is 537. The third kappa shape index (κ3) is 5.19. The predicted octanol–water partition coefficient (Wildman–Crippen LogP) is 2.41.